The molecule has 0 unspecified atom stereocenters. The zero-order valence-electron chi connectivity index (χ0n) is 11.6. The van der Waals surface area contributed by atoms with Crippen LogP contribution < -0.4 is 11.1 Å². The molecular formula is C15H20N2O2S. The van der Waals surface area contributed by atoms with Crippen LogP contribution in [0.5, 0.6) is 0 Å². The van der Waals surface area contributed by atoms with Gasteiger partial charge in [0.15, 0.2) is 0 Å². The van der Waals surface area contributed by atoms with E-state index in [2.05, 4.69) is 12.2 Å². The molecule has 1 aliphatic rings. The Morgan fingerprint density at radius 2 is 2.15 bits per heavy atom. The normalized spacial score (nSPS) is 17.4. The van der Waals surface area contributed by atoms with Crippen molar-refractivity contribution in [2.24, 2.45) is 11.1 Å². The van der Waals surface area contributed by atoms with Crippen LogP contribution in [-0.2, 0) is 16.0 Å². The number of benzene rings is 1. The average molecular weight is 292 g/mol. The zero-order valence-corrected chi connectivity index (χ0v) is 12.5. The van der Waals surface area contributed by atoms with Crippen LogP contribution in [0.15, 0.2) is 24.3 Å². The summed E-state index contributed by atoms with van der Waals surface area (Å²) in [5.41, 5.74) is 7.01. The number of ether oxygens (including phenoxy) is 1. The Hall–Kier alpha value is -1.46. The topological polar surface area (TPSA) is 64.4 Å². The SMILES string of the molecule is CCc1cccc(NC(=O)C2(C(N)=S)CCOCC2)c1. The van der Waals surface area contributed by atoms with Crippen molar-refractivity contribution in [3.63, 3.8) is 0 Å². The molecule has 3 N–H and O–H groups in total. The molecule has 0 saturated carbocycles. The lowest BCUT2D eigenvalue weighted by Crippen LogP contribution is -2.49. The third-order valence-corrected chi connectivity index (χ3v) is 4.24. The first-order valence-corrected chi connectivity index (χ1v) is 7.27. The molecule has 0 bridgehead atoms. The fourth-order valence-corrected chi connectivity index (χ4v) is 2.72. The van der Waals surface area contributed by atoms with Gasteiger partial charge >= 0.3 is 0 Å². The molecule has 2 rings (SSSR count). The monoisotopic (exact) mass is 292 g/mol. The highest BCUT2D eigenvalue weighted by Gasteiger charge is 2.43. The number of carbonyl (C=O) groups is 1. The summed E-state index contributed by atoms with van der Waals surface area (Å²) in [4.78, 5) is 12.9. The van der Waals surface area contributed by atoms with E-state index in [-0.39, 0.29) is 10.9 Å². The minimum atomic E-state index is -0.782. The van der Waals surface area contributed by atoms with E-state index >= 15 is 0 Å². The first-order valence-electron chi connectivity index (χ1n) is 6.86. The lowest BCUT2D eigenvalue weighted by Gasteiger charge is -2.34. The molecule has 1 aromatic rings. The van der Waals surface area contributed by atoms with E-state index < -0.39 is 5.41 Å². The van der Waals surface area contributed by atoms with Gasteiger partial charge in [0.2, 0.25) is 5.91 Å². The largest absolute Gasteiger partial charge is 0.392 e. The second-order valence-corrected chi connectivity index (χ2v) is 5.51. The van der Waals surface area contributed by atoms with Crippen LogP contribution in [0.25, 0.3) is 0 Å². The number of amides is 1. The zero-order chi connectivity index (χ0) is 14.6. The molecule has 0 radical (unpaired) electrons. The van der Waals surface area contributed by atoms with E-state index in [0.717, 1.165) is 12.1 Å². The van der Waals surface area contributed by atoms with E-state index in [4.69, 9.17) is 22.7 Å². The van der Waals surface area contributed by atoms with E-state index in [1.807, 2.05) is 24.3 Å². The maximum atomic E-state index is 12.6. The lowest BCUT2D eigenvalue weighted by atomic mass is 9.79. The maximum absolute atomic E-state index is 12.6. The van der Waals surface area contributed by atoms with Gasteiger partial charge in [-0.15, -0.1) is 0 Å². The summed E-state index contributed by atoms with van der Waals surface area (Å²) in [5, 5.41) is 2.95. The van der Waals surface area contributed by atoms with Gasteiger partial charge in [0.05, 0.1) is 4.99 Å². The molecule has 0 aliphatic carbocycles. The van der Waals surface area contributed by atoms with Crippen LogP contribution >= 0.6 is 12.2 Å². The molecule has 1 saturated heterocycles. The Morgan fingerprint density at radius 1 is 1.45 bits per heavy atom. The summed E-state index contributed by atoms with van der Waals surface area (Å²) in [6, 6.07) is 7.83. The number of hydrogen-bond acceptors (Lipinski definition) is 3. The minimum absolute atomic E-state index is 0.124. The molecular weight excluding hydrogens is 272 g/mol. The Balaban J connectivity index is 2.18. The number of thiocarbonyl (C=S) groups is 1. The van der Waals surface area contributed by atoms with Gasteiger partial charge in [-0.2, -0.15) is 0 Å². The quantitative estimate of drug-likeness (QED) is 0.836. The number of rotatable bonds is 4. The van der Waals surface area contributed by atoms with Crippen molar-refractivity contribution in [3.8, 4) is 0 Å². The summed E-state index contributed by atoms with van der Waals surface area (Å²) < 4.78 is 5.32. The van der Waals surface area contributed by atoms with Gasteiger partial charge in [0.25, 0.3) is 0 Å². The van der Waals surface area contributed by atoms with E-state index in [9.17, 15) is 4.79 Å². The average Bonchev–Trinajstić information content (AvgIpc) is 2.48. The van der Waals surface area contributed by atoms with Crippen LogP contribution in [0.3, 0.4) is 0 Å². The summed E-state index contributed by atoms with van der Waals surface area (Å²) in [6.07, 6.45) is 2.02. The number of nitrogens with one attached hydrogen (secondary N) is 1. The number of anilines is 1. The molecule has 0 atom stereocenters. The smallest absolute Gasteiger partial charge is 0.237 e. The molecule has 1 aromatic carbocycles. The van der Waals surface area contributed by atoms with Crippen molar-refractivity contribution < 1.29 is 9.53 Å². The maximum Gasteiger partial charge on any atom is 0.237 e. The Morgan fingerprint density at radius 3 is 2.75 bits per heavy atom. The van der Waals surface area contributed by atoms with Crippen LogP contribution in [0.2, 0.25) is 0 Å². The van der Waals surface area contributed by atoms with Gasteiger partial charge in [-0.3, -0.25) is 4.79 Å². The van der Waals surface area contributed by atoms with Crippen molar-refractivity contribution in [1.29, 1.82) is 0 Å². The van der Waals surface area contributed by atoms with Gasteiger partial charge in [-0.25, -0.2) is 0 Å². The predicted molar refractivity (Wildman–Crippen MR) is 83.7 cm³/mol. The third kappa shape index (κ3) is 2.99. The van der Waals surface area contributed by atoms with Gasteiger partial charge in [-0.1, -0.05) is 31.3 Å². The lowest BCUT2D eigenvalue weighted by molar-refractivity contribution is -0.126. The van der Waals surface area contributed by atoms with Crippen molar-refractivity contribution in [3.05, 3.63) is 29.8 Å². The minimum Gasteiger partial charge on any atom is -0.392 e. The highest BCUT2D eigenvalue weighted by Crippen LogP contribution is 2.32. The highest BCUT2D eigenvalue weighted by atomic mass is 32.1. The summed E-state index contributed by atoms with van der Waals surface area (Å²) in [6.45, 7) is 3.11. The molecule has 1 amide bonds. The van der Waals surface area contributed by atoms with Crippen molar-refractivity contribution in [2.75, 3.05) is 18.5 Å². The Kier molecular flexibility index (Phi) is 4.73. The molecule has 1 aliphatic heterocycles. The number of nitrogens with two attached hydrogens (primary N) is 1. The van der Waals surface area contributed by atoms with Gasteiger partial charge in [0.1, 0.15) is 5.41 Å². The molecule has 20 heavy (non-hydrogen) atoms. The van der Waals surface area contributed by atoms with Gasteiger partial charge in [-0.05, 0) is 37.0 Å². The number of hydrogen-bond donors (Lipinski definition) is 2. The Labute approximate surface area is 124 Å². The third-order valence-electron chi connectivity index (χ3n) is 3.85. The number of aryl methyl sites for hydroxylation is 1. The van der Waals surface area contributed by atoms with Crippen LogP contribution in [0.1, 0.15) is 25.3 Å². The van der Waals surface area contributed by atoms with Crippen molar-refractivity contribution in [2.45, 2.75) is 26.2 Å². The summed E-state index contributed by atoms with van der Waals surface area (Å²) in [7, 11) is 0. The fraction of sp³-hybridized carbons (Fsp3) is 0.467. The summed E-state index contributed by atoms with van der Waals surface area (Å²) in [5.74, 6) is -0.124. The predicted octanol–water partition coefficient (Wildman–Crippen LogP) is 2.27. The van der Waals surface area contributed by atoms with Crippen LogP contribution in [-0.4, -0.2) is 24.1 Å². The van der Waals surface area contributed by atoms with E-state index in [1.54, 1.807) is 0 Å². The second kappa shape index (κ2) is 6.33. The Bertz CT molecular complexity index is 510. The first-order chi connectivity index (χ1) is 9.58. The molecule has 4 nitrogen and oxygen atoms in total. The molecule has 5 heteroatoms. The van der Waals surface area contributed by atoms with Gasteiger partial charge in [0, 0.05) is 18.9 Å². The molecule has 0 aromatic heterocycles. The number of carbonyl (C=O) groups excluding carboxylic acids is 1. The highest BCUT2D eigenvalue weighted by molar-refractivity contribution is 7.80. The van der Waals surface area contributed by atoms with Crippen molar-refractivity contribution >= 4 is 28.8 Å². The molecule has 1 heterocycles. The van der Waals surface area contributed by atoms with Crippen molar-refractivity contribution in [1.82, 2.24) is 0 Å². The summed E-state index contributed by atoms with van der Waals surface area (Å²) >= 11 is 5.13. The van der Waals surface area contributed by atoms with Crippen LogP contribution in [0.4, 0.5) is 5.69 Å². The molecule has 1 fully saturated rings. The molecule has 0 spiro atoms. The standard InChI is InChI=1S/C15H20N2O2S/c1-2-11-4-3-5-12(10-11)17-14(18)15(13(16)20)6-8-19-9-7-15/h3-5,10H,2,6-9H2,1H3,(H2,16,20)(H,17,18). The first kappa shape index (κ1) is 14.9. The van der Waals surface area contributed by atoms with E-state index in [1.165, 1.54) is 5.56 Å². The fourth-order valence-electron chi connectivity index (χ4n) is 2.42. The second-order valence-electron chi connectivity index (χ2n) is 5.07. The van der Waals surface area contributed by atoms with Gasteiger partial charge < -0.3 is 15.8 Å². The van der Waals surface area contributed by atoms with E-state index in [0.29, 0.717) is 26.1 Å². The molecule has 108 valence electrons. The van der Waals surface area contributed by atoms with Crippen LogP contribution in [0, 0.1) is 5.41 Å².